The number of aldehydes is 1. The number of nitrogens with zero attached hydrogens (tertiary/aromatic N) is 2. The first-order chi connectivity index (χ1) is 11.9. The molecular weight excluding hydrogens is 324 g/mol. The quantitative estimate of drug-likeness (QED) is 0.389. The van der Waals surface area contributed by atoms with Crippen LogP contribution in [0, 0.1) is 10.1 Å². The summed E-state index contributed by atoms with van der Waals surface area (Å²) in [6.45, 7) is 3.61. The average molecular weight is 338 g/mol. The van der Waals surface area contributed by atoms with E-state index >= 15 is 0 Å². The van der Waals surface area contributed by atoms with Crippen molar-refractivity contribution >= 4 is 23.6 Å². The van der Waals surface area contributed by atoms with Crippen molar-refractivity contribution in [3.8, 4) is 0 Å². The molecule has 1 N–H and O–H groups in total. The molecule has 1 heterocycles. The third-order valence-corrected chi connectivity index (χ3v) is 4.22. The Morgan fingerprint density at radius 3 is 2.56 bits per heavy atom. The molecular formula is C18H14N2O5. The molecule has 0 saturated carbocycles. The topological polar surface area (TPSA) is 101 Å². The Bertz CT molecular complexity index is 894. The van der Waals surface area contributed by atoms with Crippen LogP contribution in [0.25, 0.3) is 0 Å². The molecule has 7 heteroatoms. The lowest BCUT2D eigenvalue weighted by atomic mass is 9.88. The number of carbonyl (C=O) groups is 2. The molecule has 0 unspecified atom stereocenters. The summed E-state index contributed by atoms with van der Waals surface area (Å²) >= 11 is 0. The van der Waals surface area contributed by atoms with Crippen LogP contribution in [-0.4, -0.2) is 22.2 Å². The van der Waals surface area contributed by atoms with E-state index in [4.69, 9.17) is 0 Å². The third-order valence-electron chi connectivity index (χ3n) is 4.22. The fraction of sp³-hybridized carbons (Fsp3) is 0.111. The summed E-state index contributed by atoms with van der Waals surface area (Å²) in [6.07, 6.45) is 0.284. The Morgan fingerprint density at radius 2 is 1.96 bits per heavy atom. The lowest BCUT2D eigenvalue weighted by molar-refractivity contribution is -0.385. The smallest absolute Gasteiger partial charge is 0.269 e. The van der Waals surface area contributed by atoms with Crippen LogP contribution in [0.1, 0.15) is 11.1 Å². The van der Waals surface area contributed by atoms with Crippen molar-refractivity contribution in [2.45, 2.75) is 12.1 Å². The van der Waals surface area contributed by atoms with E-state index < -0.39 is 16.4 Å². The number of hydrogen-bond donors (Lipinski definition) is 1. The first-order valence-electron chi connectivity index (χ1n) is 7.41. The SMILES string of the molecule is C=C(C=O)[C@@]1(O)C(=O)N(Cc2ccccc2)c2ccc([N+](=O)[O-])cc21. The highest BCUT2D eigenvalue weighted by Crippen LogP contribution is 2.45. The zero-order chi connectivity index (χ0) is 18.2. The Balaban J connectivity index is 2.15. The number of non-ortho nitro benzene ring substituents is 1. The van der Waals surface area contributed by atoms with Gasteiger partial charge in [-0.25, -0.2) is 0 Å². The van der Waals surface area contributed by atoms with Gasteiger partial charge in [0.15, 0.2) is 5.60 Å². The standard InChI is InChI=1S/C18H14N2O5/c1-12(11-21)18(23)15-9-14(20(24)25)7-8-16(15)19(17(18)22)10-13-5-3-2-4-6-13/h2-9,11,23H,1,10H2/t18-/m0/s1. The zero-order valence-corrected chi connectivity index (χ0v) is 13.1. The second-order valence-corrected chi connectivity index (χ2v) is 5.69. The van der Waals surface area contributed by atoms with Gasteiger partial charge in [-0.05, 0) is 11.6 Å². The van der Waals surface area contributed by atoms with Crippen LogP contribution in [0.2, 0.25) is 0 Å². The number of carbonyl (C=O) groups excluding carboxylic acids is 2. The summed E-state index contributed by atoms with van der Waals surface area (Å²) in [5.41, 5.74) is -1.86. The van der Waals surface area contributed by atoms with E-state index in [0.29, 0.717) is 5.69 Å². The lowest BCUT2D eigenvalue weighted by Gasteiger charge is -2.22. The second-order valence-electron chi connectivity index (χ2n) is 5.69. The molecule has 1 atom stereocenters. The molecule has 3 rings (SSSR count). The van der Waals surface area contributed by atoms with Crippen LogP contribution in [-0.2, 0) is 21.7 Å². The van der Waals surface area contributed by atoms with E-state index in [1.165, 1.54) is 17.0 Å². The molecule has 1 aliphatic heterocycles. The number of anilines is 1. The van der Waals surface area contributed by atoms with E-state index in [0.717, 1.165) is 11.6 Å². The fourth-order valence-corrected chi connectivity index (χ4v) is 2.90. The normalized spacial score (nSPS) is 18.8. The van der Waals surface area contributed by atoms with Gasteiger partial charge in [-0.15, -0.1) is 0 Å². The molecule has 0 aliphatic carbocycles. The number of aliphatic hydroxyl groups is 1. The first-order valence-corrected chi connectivity index (χ1v) is 7.41. The molecule has 2 aromatic rings. The summed E-state index contributed by atoms with van der Waals surface area (Å²) in [5, 5.41) is 21.9. The van der Waals surface area contributed by atoms with Crippen LogP contribution in [0.5, 0.6) is 0 Å². The van der Waals surface area contributed by atoms with Gasteiger partial charge in [0.05, 0.1) is 17.2 Å². The largest absolute Gasteiger partial charge is 0.372 e. The van der Waals surface area contributed by atoms with E-state index in [1.807, 2.05) is 30.3 Å². The van der Waals surface area contributed by atoms with Crippen molar-refractivity contribution in [1.29, 1.82) is 0 Å². The fourth-order valence-electron chi connectivity index (χ4n) is 2.90. The van der Waals surface area contributed by atoms with E-state index in [9.17, 15) is 24.8 Å². The summed E-state index contributed by atoms with van der Waals surface area (Å²) in [6, 6.07) is 12.8. The Morgan fingerprint density at radius 1 is 1.28 bits per heavy atom. The predicted octanol–water partition coefficient (Wildman–Crippen LogP) is 2.08. The van der Waals surface area contributed by atoms with Gasteiger partial charge >= 0.3 is 0 Å². The molecule has 0 fully saturated rings. The molecule has 0 radical (unpaired) electrons. The summed E-state index contributed by atoms with van der Waals surface area (Å²) in [4.78, 5) is 35.7. The number of benzene rings is 2. The highest BCUT2D eigenvalue weighted by atomic mass is 16.6. The maximum Gasteiger partial charge on any atom is 0.269 e. The van der Waals surface area contributed by atoms with Gasteiger partial charge in [-0.1, -0.05) is 36.9 Å². The summed E-state index contributed by atoms with van der Waals surface area (Å²) < 4.78 is 0. The number of nitro groups is 1. The summed E-state index contributed by atoms with van der Waals surface area (Å²) in [5.74, 6) is -0.760. The predicted molar refractivity (Wildman–Crippen MR) is 89.8 cm³/mol. The maximum atomic E-state index is 12.9. The van der Waals surface area contributed by atoms with Crippen molar-refractivity contribution in [1.82, 2.24) is 0 Å². The average Bonchev–Trinajstić information content (AvgIpc) is 2.84. The van der Waals surface area contributed by atoms with Gasteiger partial charge < -0.3 is 10.0 Å². The number of fused-ring (bicyclic) bond motifs is 1. The molecule has 7 nitrogen and oxygen atoms in total. The second kappa shape index (κ2) is 5.95. The van der Waals surface area contributed by atoms with Gasteiger partial charge in [0.1, 0.15) is 6.29 Å². The molecule has 0 bridgehead atoms. The van der Waals surface area contributed by atoms with Crippen LogP contribution in [0.4, 0.5) is 11.4 Å². The highest BCUT2D eigenvalue weighted by Gasteiger charge is 2.52. The number of hydrogen-bond acceptors (Lipinski definition) is 5. The minimum Gasteiger partial charge on any atom is -0.372 e. The van der Waals surface area contributed by atoms with Gasteiger partial charge in [0.2, 0.25) is 0 Å². The van der Waals surface area contributed by atoms with Crippen molar-refractivity contribution in [3.63, 3.8) is 0 Å². The molecule has 1 amide bonds. The van der Waals surface area contributed by atoms with Crippen LogP contribution >= 0.6 is 0 Å². The van der Waals surface area contributed by atoms with Crippen molar-refractivity contribution in [2.75, 3.05) is 4.90 Å². The molecule has 25 heavy (non-hydrogen) atoms. The van der Waals surface area contributed by atoms with E-state index in [2.05, 4.69) is 6.58 Å². The van der Waals surface area contributed by atoms with Crippen LogP contribution < -0.4 is 4.90 Å². The highest BCUT2D eigenvalue weighted by molar-refractivity contribution is 6.12. The van der Waals surface area contributed by atoms with E-state index in [1.54, 1.807) is 0 Å². The Labute approximate surface area is 143 Å². The van der Waals surface area contributed by atoms with Crippen LogP contribution in [0.3, 0.4) is 0 Å². The molecule has 2 aromatic carbocycles. The molecule has 0 saturated heterocycles. The van der Waals surface area contributed by atoms with Crippen molar-refractivity contribution in [2.24, 2.45) is 0 Å². The van der Waals surface area contributed by atoms with Crippen molar-refractivity contribution < 1.29 is 19.6 Å². The minimum atomic E-state index is -2.31. The third kappa shape index (κ3) is 2.50. The molecule has 1 aliphatic rings. The minimum absolute atomic E-state index is 0.0141. The molecule has 0 aromatic heterocycles. The summed E-state index contributed by atoms with van der Waals surface area (Å²) in [7, 11) is 0. The molecule has 0 spiro atoms. The van der Waals surface area contributed by atoms with Gasteiger partial charge in [-0.3, -0.25) is 19.7 Å². The van der Waals surface area contributed by atoms with E-state index in [-0.39, 0.29) is 29.7 Å². The first kappa shape index (κ1) is 16.5. The number of amides is 1. The zero-order valence-electron chi connectivity index (χ0n) is 13.1. The number of nitro benzene ring substituents is 1. The Hall–Kier alpha value is -3.32. The monoisotopic (exact) mass is 338 g/mol. The van der Waals surface area contributed by atoms with Crippen molar-refractivity contribution in [3.05, 3.63) is 81.9 Å². The van der Waals surface area contributed by atoms with Gasteiger partial charge in [0.25, 0.3) is 11.6 Å². The Kier molecular flexibility index (Phi) is 3.94. The number of rotatable bonds is 5. The maximum absolute atomic E-state index is 12.9. The lowest BCUT2D eigenvalue weighted by Crippen LogP contribution is -2.41. The van der Waals surface area contributed by atoms with Gasteiger partial charge in [-0.2, -0.15) is 0 Å². The van der Waals surface area contributed by atoms with Crippen LogP contribution in [0.15, 0.2) is 60.7 Å². The molecule has 126 valence electrons. The van der Waals surface area contributed by atoms with Gasteiger partial charge in [0, 0.05) is 23.3 Å².